The van der Waals surface area contributed by atoms with Crippen LogP contribution in [0.3, 0.4) is 0 Å². The molecule has 0 fully saturated rings. The maximum absolute atomic E-state index is 12.0. The fourth-order valence-electron chi connectivity index (χ4n) is 2.02. The van der Waals surface area contributed by atoms with Crippen molar-refractivity contribution < 1.29 is 19.8 Å². The van der Waals surface area contributed by atoms with Gasteiger partial charge in [-0.2, -0.15) is 0 Å². The average Bonchev–Trinajstić information content (AvgIpc) is 2.46. The molecule has 0 radical (unpaired) electrons. The van der Waals surface area contributed by atoms with Gasteiger partial charge in [-0.15, -0.1) is 0 Å². The SMILES string of the molecule is CCCC(=O)C(C(=O)O)=C(CC)Nc1cccc(CO)c1. The summed E-state index contributed by atoms with van der Waals surface area (Å²) < 4.78 is 0. The predicted molar refractivity (Wildman–Crippen MR) is 80.9 cm³/mol. The van der Waals surface area contributed by atoms with Gasteiger partial charge in [-0.3, -0.25) is 4.79 Å². The minimum atomic E-state index is -1.21. The number of allylic oxidation sites excluding steroid dienone is 1. The number of aliphatic hydroxyl groups excluding tert-OH is 1. The second-order valence-electron chi connectivity index (χ2n) is 4.67. The lowest BCUT2D eigenvalue weighted by molar-refractivity contribution is -0.134. The Morgan fingerprint density at radius 1 is 1.24 bits per heavy atom. The summed E-state index contributed by atoms with van der Waals surface area (Å²) in [6, 6.07) is 7.01. The zero-order chi connectivity index (χ0) is 15.8. The highest BCUT2D eigenvalue weighted by molar-refractivity contribution is 6.17. The van der Waals surface area contributed by atoms with E-state index in [1.54, 1.807) is 31.2 Å². The molecule has 114 valence electrons. The van der Waals surface area contributed by atoms with Crippen LogP contribution in [0, 0.1) is 0 Å². The summed E-state index contributed by atoms with van der Waals surface area (Å²) >= 11 is 0. The molecule has 21 heavy (non-hydrogen) atoms. The van der Waals surface area contributed by atoms with Crippen molar-refractivity contribution in [2.24, 2.45) is 0 Å². The number of carboxylic acids is 1. The van der Waals surface area contributed by atoms with Gasteiger partial charge in [0.2, 0.25) is 0 Å². The van der Waals surface area contributed by atoms with Crippen LogP contribution in [-0.2, 0) is 16.2 Å². The van der Waals surface area contributed by atoms with Gasteiger partial charge in [-0.25, -0.2) is 4.79 Å². The average molecular weight is 291 g/mol. The zero-order valence-corrected chi connectivity index (χ0v) is 12.3. The molecule has 0 unspecified atom stereocenters. The third-order valence-corrected chi connectivity index (χ3v) is 3.03. The van der Waals surface area contributed by atoms with E-state index in [0.29, 0.717) is 29.8 Å². The smallest absolute Gasteiger partial charge is 0.341 e. The van der Waals surface area contributed by atoms with Crippen molar-refractivity contribution in [2.75, 3.05) is 5.32 Å². The Kier molecular flexibility index (Phi) is 6.62. The van der Waals surface area contributed by atoms with E-state index in [1.165, 1.54) is 0 Å². The molecule has 0 amide bonds. The minimum Gasteiger partial charge on any atom is -0.477 e. The lowest BCUT2D eigenvalue weighted by Gasteiger charge is -2.13. The van der Waals surface area contributed by atoms with Gasteiger partial charge in [0.05, 0.1) is 6.61 Å². The molecule has 0 aliphatic heterocycles. The Bertz CT molecular complexity index is 549. The molecule has 0 atom stereocenters. The van der Waals surface area contributed by atoms with E-state index in [4.69, 9.17) is 5.11 Å². The summed E-state index contributed by atoms with van der Waals surface area (Å²) in [6.07, 6.45) is 1.22. The maximum Gasteiger partial charge on any atom is 0.341 e. The van der Waals surface area contributed by atoms with Crippen molar-refractivity contribution >= 4 is 17.4 Å². The first-order valence-corrected chi connectivity index (χ1v) is 6.99. The van der Waals surface area contributed by atoms with Crippen LogP contribution in [0.25, 0.3) is 0 Å². The highest BCUT2D eigenvalue weighted by Crippen LogP contribution is 2.19. The van der Waals surface area contributed by atoms with Crippen molar-refractivity contribution in [2.45, 2.75) is 39.7 Å². The van der Waals surface area contributed by atoms with E-state index < -0.39 is 5.97 Å². The number of aliphatic carboxylic acids is 1. The van der Waals surface area contributed by atoms with Gasteiger partial charge in [0.1, 0.15) is 5.57 Å². The Morgan fingerprint density at radius 3 is 2.48 bits per heavy atom. The van der Waals surface area contributed by atoms with Crippen molar-refractivity contribution in [1.82, 2.24) is 0 Å². The highest BCUT2D eigenvalue weighted by atomic mass is 16.4. The van der Waals surface area contributed by atoms with Crippen LogP contribution in [0.15, 0.2) is 35.5 Å². The van der Waals surface area contributed by atoms with Crippen LogP contribution < -0.4 is 5.32 Å². The quantitative estimate of drug-likeness (QED) is 0.389. The van der Waals surface area contributed by atoms with Gasteiger partial charge in [-0.1, -0.05) is 26.0 Å². The van der Waals surface area contributed by atoms with Crippen LogP contribution >= 0.6 is 0 Å². The molecule has 1 aromatic rings. The van der Waals surface area contributed by atoms with Crippen molar-refractivity contribution in [3.05, 3.63) is 41.1 Å². The second-order valence-corrected chi connectivity index (χ2v) is 4.67. The zero-order valence-electron chi connectivity index (χ0n) is 12.3. The van der Waals surface area contributed by atoms with Gasteiger partial charge < -0.3 is 15.5 Å². The van der Waals surface area contributed by atoms with Gasteiger partial charge in [-0.05, 0) is 30.5 Å². The molecule has 0 aromatic heterocycles. The van der Waals surface area contributed by atoms with Crippen LogP contribution in [0.4, 0.5) is 5.69 Å². The standard InChI is InChI=1S/C16H21NO4/c1-3-6-14(19)15(16(20)21)13(4-2)17-12-8-5-7-11(9-12)10-18/h5,7-9,17-18H,3-4,6,10H2,1-2H3,(H,20,21). The van der Waals surface area contributed by atoms with E-state index in [-0.39, 0.29) is 24.4 Å². The molecule has 0 saturated heterocycles. The number of carboxylic acid groups (broad SMARTS) is 1. The molecule has 0 heterocycles. The van der Waals surface area contributed by atoms with E-state index in [1.807, 2.05) is 6.92 Å². The molecule has 0 saturated carbocycles. The molecular formula is C16H21NO4. The largest absolute Gasteiger partial charge is 0.477 e. The second kappa shape index (κ2) is 8.21. The fourth-order valence-corrected chi connectivity index (χ4v) is 2.02. The van der Waals surface area contributed by atoms with Gasteiger partial charge in [0.25, 0.3) is 0 Å². The van der Waals surface area contributed by atoms with Crippen molar-refractivity contribution in [3.8, 4) is 0 Å². The number of ketones is 1. The van der Waals surface area contributed by atoms with E-state index >= 15 is 0 Å². The first-order valence-electron chi connectivity index (χ1n) is 6.99. The van der Waals surface area contributed by atoms with Gasteiger partial charge in [0.15, 0.2) is 5.78 Å². The monoisotopic (exact) mass is 291 g/mol. The van der Waals surface area contributed by atoms with E-state index in [0.717, 1.165) is 0 Å². The number of rotatable bonds is 8. The van der Waals surface area contributed by atoms with E-state index in [9.17, 15) is 14.7 Å². The van der Waals surface area contributed by atoms with Crippen LogP contribution in [0.2, 0.25) is 0 Å². The summed E-state index contributed by atoms with van der Waals surface area (Å²) in [7, 11) is 0. The first kappa shape index (κ1) is 16.9. The Morgan fingerprint density at radius 2 is 1.95 bits per heavy atom. The van der Waals surface area contributed by atoms with Crippen LogP contribution in [-0.4, -0.2) is 22.0 Å². The number of hydrogen-bond donors (Lipinski definition) is 3. The Balaban J connectivity index is 3.14. The molecule has 0 aliphatic rings. The molecule has 5 nitrogen and oxygen atoms in total. The molecule has 0 bridgehead atoms. The summed E-state index contributed by atoms with van der Waals surface area (Å²) in [4.78, 5) is 23.4. The summed E-state index contributed by atoms with van der Waals surface area (Å²) in [5.74, 6) is -1.58. The van der Waals surface area contributed by atoms with Crippen molar-refractivity contribution in [1.29, 1.82) is 0 Å². The van der Waals surface area contributed by atoms with Gasteiger partial charge >= 0.3 is 5.97 Å². The molecule has 0 spiro atoms. The number of carbonyl (C=O) groups excluding carboxylic acids is 1. The normalized spacial score (nSPS) is 11.8. The number of Topliss-reactive ketones (excluding diaryl/α,β-unsaturated/α-hetero) is 1. The van der Waals surface area contributed by atoms with Crippen molar-refractivity contribution in [3.63, 3.8) is 0 Å². The number of aliphatic hydroxyl groups is 1. The molecule has 1 rings (SSSR count). The van der Waals surface area contributed by atoms with Gasteiger partial charge in [0, 0.05) is 17.8 Å². The summed E-state index contributed by atoms with van der Waals surface area (Å²) in [5.41, 5.74) is 1.57. The summed E-state index contributed by atoms with van der Waals surface area (Å²) in [6.45, 7) is 3.53. The summed E-state index contributed by atoms with van der Waals surface area (Å²) in [5, 5.41) is 21.4. The van der Waals surface area contributed by atoms with E-state index in [2.05, 4.69) is 5.32 Å². The molecule has 3 N–H and O–H groups in total. The third kappa shape index (κ3) is 4.72. The Labute approximate surface area is 124 Å². The fraction of sp³-hybridized carbons (Fsp3) is 0.375. The molecule has 1 aromatic carbocycles. The molecular weight excluding hydrogens is 270 g/mol. The number of hydrogen-bond acceptors (Lipinski definition) is 4. The Hall–Kier alpha value is -2.14. The highest BCUT2D eigenvalue weighted by Gasteiger charge is 2.21. The van der Waals surface area contributed by atoms with Crippen LogP contribution in [0.1, 0.15) is 38.7 Å². The predicted octanol–water partition coefficient (Wildman–Crippen LogP) is 2.71. The van der Waals surface area contributed by atoms with Crippen LogP contribution in [0.5, 0.6) is 0 Å². The number of nitrogens with one attached hydrogen (secondary N) is 1. The molecule has 0 aliphatic carbocycles. The first-order chi connectivity index (χ1) is 10.0. The number of carbonyl (C=O) groups is 2. The number of anilines is 1. The molecule has 5 heteroatoms. The maximum atomic E-state index is 12.0. The third-order valence-electron chi connectivity index (χ3n) is 3.03. The topological polar surface area (TPSA) is 86.6 Å². The lowest BCUT2D eigenvalue weighted by Crippen LogP contribution is -2.18. The number of benzene rings is 1. The lowest BCUT2D eigenvalue weighted by atomic mass is 10.0. The minimum absolute atomic E-state index is 0.0960.